The summed E-state index contributed by atoms with van der Waals surface area (Å²) in [6.07, 6.45) is 1.53. The second-order valence-corrected chi connectivity index (χ2v) is 4.56. The van der Waals surface area contributed by atoms with Gasteiger partial charge in [-0.1, -0.05) is 24.3 Å². The summed E-state index contributed by atoms with van der Waals surface area (Å²) in [6, 6.07) is 14.3. The fourth-order valence-electron chi connectivity index (χ4n) is 1.44. The van der Waals surface area contributed by atoms with Gasteiger partial charge in [0.05, 0.1) is 21.3 Å². The van der Waals surface area contributed by atoms with Gasteiger partial charge >= 0.3 is 0 Å². The Morgan fingerprint density at radius 1 is 1.21 bits per heavy atom. The lowest BCUT2D eigenvalue weighted by Crippen LogP contribution is -1.93. The van der Waals surface area contributed by atoms with E-state index in [0.29, 0.717) is 10.0 Å². The van der Waals surface area contributed by atoms with Crippen molar-refractivity contribution in [3.05, 3.63) is 68.7 Å². The second-order valence-electron chi connectivity index (χ2n) is 3.70. The molecule has 0 aliphatic heterocycles. The zero-order valence-corrected chi connectivity index (χ0v) is 11.4. The average molecular weight is 320 g/mol. The number of halogens is 1. The molecule has 6 heteroatoms. The Bertz CT molecular complexity index is 615. The molecule has 0 saturated carbocycles. The van der Waals surface area contributed by atoms with Crippen molar-refractivity contribution in [2.24, 2.45) is 5.10 Å². The van der Waals surface area contributed by atoms with Gasteiger partial charge in [0.25, 0.3) is 5.69 Å². The lowest BCUT2D eigenvalue weighted by atomic mass is 10.2. The number of anilines is 1. The van der Waals surface area contributed by atoms with Gasteiger partial charge in [-0.3, -0.25) is 15.5 Å². The molecule has 0 spiro atoms. The third-order valence-corrected chi connectivity index (χ3v) is 3.02. The highest BCUT2D eigenvalue weighted by molar-refractivity contribution is 9.10. The van der Waals surface area contributed by atoms with Crippen LogP contribution in [0.25, 0.3) is 0 Å². The van der Waals surface area contributed by atoms with Crippen molar-refractivity contribution in [1.82, 2.24) is 0 Å². The molecular weight excluding hydrogens is 310 g/mol. The van der Waals surface area contributed by atoms with E-state index in [9.17, 15) is 10.1 Å². The van der Waals surface area contributed by atoms with Crippen LogP contribution < -0.4 is 5.43 Å². The van der Waals surface area contributed by atoms with Crippen LogP contribution in [0.15, 0.2) is 58.1 Å². The first-order valence-electron chi connectivity index (χ1n) is 5.45. The molecule has 0 fully saturated rings. The molecule has 2 aromatic rings. The molecular formula is C13H10BrN3O2. The van der Waals surface area contributed by atoms with E-state index in [4.69, 9.17) is 0 Å². The lowest BCUT2D eigenvalue weighted by molar-refractivity contribution is -0.385. The maximum Gasteiger partial charge on any atom is 0.284 e. The Balaban J connectivity index is 2.11. The number of hydrazone groups is 1. The van der Waals surface area contributed by atoms with Crippen LogP contribution in [0.1, 0.15) is 5.56 Å². The van der Waals surface area contributed by atoms with Crippen molar-refractivity contribution in [1.29, 1.82) is 0 Å². The molecule has 0 unspecified atom stereocenters. The topological polar surface area (TPSA) is 67.5 Å². The number of nitrogens with one attached hydrogen (secondary N) is 1. The quantitative estimate of drug-likeness (QED) is 0.529. The first-order chi connectivity index (χ1) is 9.16. The van der Waals surface area contributed by atoms with Gasteiger partial charge in [-0.15, -0.1) is 0 Å². The summed E-state index contributed by atoms with van der Waals surface area (Å²) in [4.78, 5) is 10.3. The first kappa shape index (κ1) is 13.2. The number of nitro groups is 1. The molecule has 0 radical (unpaired) electrons. The van der Waals surface area contributed by atoms with Crippen molar-refractivity contribution in [3.8, 4) is 0 Å². The summed E-state index contributed by atoms with van der Waals surface area (Å²) in [6.45, 7) is 0. The molecule has 19 heavy (non-hydrogen) atoms. The van der Waals surface area contributed by atoms with E-state index < -0.39 is 4.92 Å². The van der Waals surface area contributed by atoms with Gasteiger partial charge in [0.1, 0.15) is 0 Å². The van der Waals surface area contributed by atoms with E-state index >= 15 is 0 Å². The Morgan fingerprint density at radius 2 is 1.95 bits per heavy atom. The molecule has 0 aliphatic rings. The fraction of sp³-hybridized carbons (Fsp3) is 0. The van der Waals surface area contributed by atoms with Gasteiger partial charge in [-0.2, -0.15) is 5.10 Å². The van der Waals surface area contributed by atoms with Gasteiger partial charge in [-0.25, -0.2) is 0 Å². The van der Waals surface area contributed by atoms with E-state index in [1.54, 1.807) is 12.1 Å². The number of hydrogen-bond donors (Lipinski definition) is 1. The summed E-state index contributed by atoms with van der Waals surface area (Å²) < 4.78 is 0.450. The maximum atomic E-state index is 10.8. The number of hydrogen-bond acceptors (Lipinski definition) is 4. The molecule has 0 atom stereocenters. The van der Waals surface area contributed by atoms with Gasteiger partial charge in [0.2, 0.25) is 0 Å². The molecule has 0 aromatic heterocycles. The van der Waals surface area contributed by atoms with Crippen LogP contribution in [0, 0.1) is 10.1 Å². The SMILES string of the molecule is O=[N+]([O-])c1cc(C=NNc2ccccc2)ccc1Br. The average Bonchev–Trinajstić information content (AvgIpc) is 2.41. The third kappa shape index (κ3) is 3.62. The van der Waals surface area contributed by atoms with Crippen LogP contribution in [0.5, 0.6) is 0 Å². The van der Waals surface area contributed by atoms with Gasteiger partial charge in [0, 0.05) is 11.6 Å². The summed E-state index contributed by atoms with van der Waals surface area (Å²) in [7, 11) is 0. The molecule has 0 heterocycles. The summed E-state index contributed by atoms with van der Waals surface area (Å²) in [5.41, 5.74) is 4.36. The van der Waals surface area contributed by atoms with E-state index in [-0.39, 0.29) is 5.69 Å². The zero-order valence-electron chi connectivity index (χ0n) is 9.79. The number of rotatable bonds is 4. The van der Waals surface area contributed by atoms with E-state index in [1.807, 2.05) is 30.3 Å². The predicted octanol–water partition coefficient (Wildman–Crippen LogP) is 3.80. The van der Waals surface area contributed by atoms with Gasteiger partial charge in [-0.05, 0) is 34.1 Å². The van der Waals surface area contributed by atoms with Crippen LogP contribution in [0.2, 0.25) is 0 Å². The van der Waals surface area contributed by atoms with Gasteiger partial charge in [0.15, 0.2) is 0 Å². The lowest BCUT2D eigenvalue weighted by Gasteiger charge is -1.99. The minimum Gasteiger partial charge on any atom is -0.279 e. The molecule has 1 N–H and O–H groups in total. The second kappa shape index (κ2) is 6.10. The first-order valence-corrected chi connectivity index (χ1v) is 6.24. The highest BCUT2D eigenvalue weighted by Gasteiger charge is 2.11. The van der Waals surface area contributed by atoms with Crippen LogP contribution in [0.3, 0.4) is 0 Å². The van der Waals surface area contributed by atoms with Crippen molar-refractivity contribution >= 4 is 33.5 Å². The summed E-state index contributed by atoms with van der Waals surface area (Å²) in [5.74, 6) is 0. The highest BCUT2D eigenvalue weighted by atomic mass is 79.9. The molecule has 2 aromatic carbocycles. The molecule has 96 valence electrons. The Kier molecular flexibility index (Phi) is 4.25. The van der Waals surface area contributed by atoms with Crippen molar-refractivity contribution in [2.45, 2.75) is 0 Å². The monoisotopic (exact) mass is 319 g/mol. The number of nitro benzene ring substituents is 1. The predicted molar refractivity (Wildman–Crippen MR) is 78.5 cm³/mol. The van der Waals surface area contributed by atoms with Gasteiger partial charge < -0.3 is 0 Å². The largest absolute Gasteiger partial charge is 0.284 e. The molecule has 0 bridgehead atoms. The maximum absolute atomic E-state index is 10.8. The number of para-hydroxylation sites is 1. The zero-order chi connectivity index (χ0) is 13.7. The minimum absolute atomic E-state index is 0.0173. The Labute approximate surface area is 118 Å². The third-order valence-electron chi connectivity index (χ3n) is 2.35. The fourth-order valence-corrected chi connectivity index (χ4v) is 1.84. The van der Waals surface area contributed by atoms with E-state index in [2.05, 4.69) is 26.5 Å². The smallest absolute Gasteiger partial charge is 0.279 e. The standard InChI is InChI=1S/C13H10BrN3O2/c14-12-7-6-10(8-13(12)17(18)19)9-15-16-11-4-2-1-3-5-11/h1-9,16H. The van der Waals surface area contributed by atoms with Crippen LogP contribution in [-0.2, 0) is 0 Å². The normalized spacial score (nSPS) is 10.6. The molecule has 0 amide bonds. The van der Waals surface area contributed by atoms with Crippen molar-refractivity contribution in [2.75, 3.05) is 5.43 Å². The molecule has 2 rings (SSSR count). The van der Waals surface area contributed by atoms with Crippen molar-refractivity contribution in [3.63, 3.8) is 0 Å². The van der Waals surface area contributed by atoms with Crippen LogP contribution >= 0.6 is 15.9 Å². The van der Waals surface area contributed by atoms with E-state index in [0.717, 1.165) is 5.69 Å². The minimum atomic E-state index is -0.438. The van der Waals surface area contributed by atoms with Crippen LogP contribution in [-0.4, -0.2) is 11.1 Å². The highest BCUT2D eigenvalue weighted by Crippen LogP contribution is 2.24. The summed E-state index contributed by atoms with van der Waals surface area (Å²) in [5, 5.41) is 14.8. The molecule has 0 aliphatic carbocycles. The Morgan fingerprint density at radius 3 is 2.63 bits per heavy atom. The summed E-state index contributed by atoms with van der Waals surface area (Å²) >= 11 is 3.13. The molecule has 5 nitrogen and oxygen atoms in total. The number of nitrogens with zero attached hydrogens (tertiary/aromatic N) is 2. The van der Waals surface area contributed by atoms with Crippen LogP contribution in [0.4, 0.5) is 11.4 Å². The Hall–Kier alpha value is -2.21. The van der Waals surface area contributed by atoms with Crippen molar-refractivity contribution < 1.29 is 4.92 Å². The number of benzene rings is 2. The van der Waals surface area contributed by atoms with E-state index in [1.165, 1.54) is 12.3 Å². The molecule has 0 saturated heterocycles.